The summed E-state index contributed by atoms with van der Waals surface area (Å²) in [6.07, 6.45) is 6.93. The maximum Gasteiger partial charge on any atom is 0.244 e. The van der Waals surface area contributed by atoms with Gasteiger partial charge in [0.05, 0.1) is 18.7 Å². The van der Waals surface area contributed by atoms with Crippen molar-refractivity contribution in [3.05, 3.63) is 28.8 Å². The number of methoxy groups -OCH3 is 1. The molecule has 2 rings (SSSR count). The zero-order chi connectivity index (χ0) is 20.7. The fourth-order valence-electron chi connectivity index (χ4n) is 3.26. The minimum atomic E-state index is -0.955. The molecule has 154 valence electrons. The molecule has 1 aliphatic carbocycles. The topological polar surface area (TPSA) is 90.6 Å². The van der Waals surface area contributed by atoms with Crippen LogP contribution in [0.4, 0.5) is 0 Å². The van der Waals surface area contributed by atoms with Gasteiger partial charge in [-0.25, -0.2) is 0 Å². The van der Waals surface area contributed by atoms with Crippen LogP contribution >= 0.6 is 11.6 Å². The molecule has 0 aromatic heterocycles. The van der Waals surface area contributed by atoms with Crippen molar-refractivity contribution in [2.75, 3.05) is 13.7 Å². The van der Waals surface area contributed by atoms with Crippen LogP contribution in [0, 0.1) is 5.92 Å². The van der Waals surface area contributed by atoms with E-state index in [0.29, 0.717) is 47.5 Å². The normalized spacial score (nSPS) is 16.2. The van der Waals surface area contributed by atoms with Gasteiger partial charge in [-0.05, 0) is 42.5 Å². The highest BCUT2D eigenvalue weighted by Crippen LogP contribution is 2.37. The van der Waals surface area contributed by atoms with Crippen LogP contribution < -0.4 is 20.5 Å². The maximum absolute atomic E-state index is 12.4. The second-order valence-corrected chi connectivity index (χ2v) is 7.98. The number of nitrogens with one attached hydrogen (secondary N) is 1. The Hall–Kier alpha value is -2.21. The van der Waals surface area contributed by atoms with Crippen molar-refractivity contribution < 1.29 is 19.1 Å². The molecule has 1 fully saturated rings. The number of hydrogen-bond acceptors (Lipinski definition) is 4. The summed E-state index contributed by atoms with van der Waals surface area (Å²) in [5.41, 5.74) is 5.29. The number of ether oxygens (including phenoxy) is 2. The summed E-state index contributed by atoms with van der Waals surface area (Å²) in [5.74, 6) is 0.478. The first-order chi connectivity index (χ1) is 13.3. The minimum absolute atomic E-state index is 0.349. The van der Waals surface area contributed by atoms with E-state index < -0.39 is 11.4 Å². The smallest absolute Gasteiger partial charge is 0.244 e. The van der Waals surface area contributed by atoms with Gasteiger partial charge in [0.1, 0.15) is 5.54 Å². The number of carbonyl (C=O) groups excluding carboxylic acids is 2. The Morgan fingerprint density at radius 2 is 1.96 bits per heavy atom. The largest absolute Gasteiger partial charge is 0.493 e. The molecule has 28 heavy (non-hydrogen) atoms. The third kappa shape index (κ3) is 5.64. The third-order valence-electron chi connectivity index (χ3n) is 4.78. The Morgan fingerprint density at radius 1 is 1.29 bits per heavy atom. The highest BCUT2D eigenvalue weighted by Gasteiger charge is 2.38. The van der Waals surface area contributed by atoms with E-state index in [1.54, 1.807) is 18.2 Å². The summed E-state index contributed by atoms with van der Waals surface area (Å²) in [6, 6.07) is 3.45. The van der Waals surface area contributed by atoms with Crippen molar-refractivity contribution in [2.24, 2.45) is 11.7 Å². The molecule has 1 aromatic rings. The monoisotopic (exact) mass is 408 g/mol. The number of hydrogen-bond donors (Lipinski definition) is 2. The van der Waals surface area contributed by atoms with E-state index in [2.05, 4.69) is 5.32 Å². The van der Waals surface area contributed by atoms with Crippen molar-refractivity contribution >= 4 is 29.5 Å². The predicted octanol–water partition coefficient (Wildman–Crippen LogP) is 3.70. The number of primary amides is 1. The highest BCUT2D eigenvalue weighted by molar-refractivity contribution is 6.32. The number of amides is 2. The average molecular weight is 409 g/mol. The molecule has 0 radical (unpaired) electrons. The fourth-order valence-corrected chi connectivity index (χ4v) is 3.54. The van der Waals surface area contributed by atoms with Gasteiger partial charge in [0, 0.05) is 6.08 Å². The summed E-state index contributed by atoms with van der Waals surface area (Å²) in [4.78, 5) is 24.3. The lowest BCUT2D eigenvalue weighted by Crippen LogP contribution is -2.58. The molecule has 0 aliphatic heterocycles. The van der Waals surface area contributed by atoms with Crippen molar-refractivity contribution in [1.29, 1.82) is 0 Å². The zero-order valence-corrected chi connectivity index (χ0v) is 17.5. The van der Waals surface area contributed by atoms with Gasteiger partial charge in [-0.2, -0.15) is 0 Å². The Morgan fingerprint density at radius 3 is 2.54 bits per heavy atom. The first kappa shape index (κ1) is 22.1. The van der Waals surface area contributed by atoms with Crippen molar-refractivity contribution in [3.8, 4) is 11.5 Å². The number of halogens is 1. The molecule has 1 aliphatic rings. The van der Waals surface area contributed by atoms with Crippen LogP contribution in [-0.4, -0.2) is 31.1 Å². The lowest BCUT2D eigenvalue weighted by atomic mass is 9.81. The SMILES string of the molecule is COc1cc(/C=C/C(=O)NC2(C(N)=O)CCCCC2)cc(Cl)c1OCC(C)C. The molecule has 0 heterocycles. The van der Waals surface area contributed by atoms with E-state index in [4.69, 9.17) is 26.8 Å². The van der Waals surface area contributed by atoms with Crippen LogP contribution in [0.1, 0.15) is 51.5 Å². The highest BCUT2D eigenvalue weighted by atomic mass is 35.5. The lowest BCUT2D eigenvalue weighted by Gasteiger charge is -2.34. The van der Waals surface area contributed by atoms with Crippen LogP contribution in [0.2, 0.25) is 5.02 Å². The summed E-state index contributed by atoms with van der Waals surface area (Å²) >= 11 is 6.33. The number of benzene rings is 1. The van der Waals surface area contributed by atoms with Gasteiger partial charge in [-0.3, -0.25) is 9.59 Å². The van der Waals surface area contributed by atoms with Gasteiger partial charge in [-0.1, -0.05) is 44.7 Å². The van der Waals surface area contributed by atoms with Crippen molar-refractivity contribution in [2.45, 2.75) is 51.5 Å². The lowest BCUT2D eigenvalue weighted by molar-refractivity contribution is -0.130. The van der Waals surface area contributed by atoms with Gasteiger partial charge >= 0.3 is 0 Å². The third-order valence-corrected chi connectivity index (χ3v) is 5.06. The van der Waals surface area contributed by atoms with E-state index in [0.717, 1.165) is 19.3 Å². The summed E-state index contributed by atoms with van der Waals surface area (Å²) < 4.78 is 11.1. The Balaban J connectivity index is 2.13. The van der Waals surface area contributed by atoms with E-state index in [1.165, 1.54) is 13.2 Å². The van der Waals surface area contributed by atoms with Crippen molar-refractivity contribution in [1.82, 2.24) is 5.32 Å². The van der Waals surface area contributed by atoms with E-state index in [-0.39, 0.29) is 5.91 Å². The van der Waals surface area contributed by atoms with Gasteiger partial charge in [0.2, 0.25) is 11.8 Å². The van der Waals surface area contributed by atoms with E-state index in [1.807, 2.05) is 13.8 Å². The molecule has 0 unspecified atom stereocenters. The second kappa shape index (κ2) is 9.82. The number of carbonyl (C=O) groups is 2. The first-order valence-corrected chi connectivity index (χ1v) is 9.95. The summed E-state index contributed by atoms with van der Waals surface area (Å²) in [6.45, 7) is 4.60. The van der Waals surface area contributed by atoms with Crippen molar-refractivity contribution in [3.63, 3.8) is 0 Å². The molecule has 7 heteroatoms. The minimum Gasteiger partial charge on any atom is -0.493 e. The van der Waals surface area contributed by atoms with Gasteiger partial charge in [0.15, 0.2) is 11.5 Å². The summed E-state index contributed by atoms with van der Waals surface area (Å²) in [5, 5.41) is 3.20. The molecule has 0 bridgehead atoms. The first-order valence-electron chi connectivity index (χ1n) is 9.58. The number of nitrogens with two attached hydrogens (primary N) is 1. The van der Waals surface area contributed by atoms with Gasteiger partial charge in [0.25, 0.3) is 0 Å². The van der Waals surface area contributed by atoms with E-state index in [9.17, 15) is 9.59 Å². The van der Waals surface area contributed by atoms with Gasteiger partial charge < -0.3 is 20.5 Å². The van der Waals surface area contributed by atoms with E-state index >= 15 is 0 Å². The van der Waals surface area contributed by atoms with Gasteiger partial charge in [-0.15, -0.1) is 0 Å². The number of rotatable bonds is 8. The predicted molar refractivity (Wildman–Crippen MR) is 111 cm³/mol. The van der Waals surface area contributed by atoms with Crippen LogP contribution in [0.25, 0.3) is 6.08 Å². The Bertz CT molecular complexity index is 740. The molecular weight excluding hydrogens is 380 g/mol. The molecule has 1 aromatic carbocycles. The Kier molecular flexibility index (Phi) is 7.75. The molecule has 0 atom stereocenters. The molecule has 1 saturated carbocycles. The molecule has 3 N–H and O–H groups in total. The quantitative estimate of drug-likeness (QED) is 0.641. The Labute approximate surface area is 171 Å². The molecular formula is C21H29ClN2O4. The summed E-state index contributed by atoms with van der Waals surface area (Å²) in [7, 11) is 1.54. The standard InChI is InChI=1S/C21H29ClN2O4/c1-14(2)13-28-19-16(22)11-15(12-17(19)27-3)7-8-18(25)24-21(20(23)26)9-5-4-6-10-21/h7-8,11-12,14H,4-6,9-10,13H2,1-3H3,(H2,23,26)(H,24,25)/b8-7+. The molecule has 0 spiro atoms. The van der Waals surface area contributed by atoms with Crippen LogP contribution in [-0.2, 0) is 9.59 Å². The maximum atomic E-state index is 12.4. The molecule has 2 amide bonds. The second-order valence-electron chi connectivity index (χ2n) is 7.57. The molecule has 0 saturated heterocycles. The average Bonchev–Trinajstić information content (AvgIpc) is 2.65. The van der Waals surface area contributed by atoms with Crippen LogP contribution in [0.5, 0.6) is 11.5 Å². The fraction of sp³-hybridized carbons (Fsp3) is 0.524. The molecule has 6 nitrogen and oxygen atoms in total. The zero-order valence-electron chi connectivity index (χ0n) is 16.7. The van der Waals surface area contributed by atoms with Crippen LogP contribution in [0.3, 0.4) is 0 Å². The van der Waals surface area contributed by atoms with Crippen LogP contribution in [0.15, 0.2) is 18.2 Å².